The van der Waals surface area contributed by atoms with Crippen LogP contribution in [0.3, 0.4) is 0 Å². The van der Waals surface area contributed by atoms with Crippen LogP contribution in [0.5, 0.6) is 5.75 Å². The number of ether oxygens (including phenoxy) is 1. The highest BCUT2D eigenvalue weighted by Gasteiger charge is 2.17. The molecule has 7 heteroatoms. The third-order valence-corrected chi connectivity index (χ3v) is 3.81. The fourth-order valence-corrected chi connectivity index (χ4v) is 2.50. The zero-order chi connectivity index (χ0) is 17.0. The molecule has 1 amide bonds. The molecular formula is C16H14Cl2FNO3. The number of carbonyl (C=O) groups excluding carboxylic acids is 1. The van der Waals surface area contributed by atoms with Gasteiger partial charge in [0.1, 0.15) is 11.6 Å². The molecule has 0 aliphatic heterocycles. The van der Waals surface area contributed by atoms with Gasteiger partial charge in [-0.3, -0.25) is 4.79 Å². The van der Waals surface area contributed by atoms with Crippen molar-refractivity contribution in [2.75, 3.05) is 13.7 Å². The largest absolute Gasteiger partial charge is 0.496 e. The minimum absolute atomic E-state index is 0.0284. The van der Waals surface area contributed by atoms with Crippen molar-refractivity contribution in [3.05, 3.63) is 63.4 Å². The first-order valence-electron chi connectivity index (χ1n) is 6.67. The number of rotatable bonds is 5. The number of halogens is 3. The number of amides is 1. The zero-order valence-electron chi connectivity index (χ0n) is 12.1. The molecule has 0 aliphatic carbocycles. The lowest BCUT2D eigenvalue weighted by atomic mass is 10.1. The Morgan fingerprint density at radius 2 is 2.00 bits per heavy atom. The molecule has 0 saturated carbocycles. The van der Waals surface area contributed by atoms with Crippen LogP contribution in [0.15, 0.2) is 36.4 Å². The predicted molar refractivity (Wildman–Crippen MR) is 86.7 cm³/mol. The minimum atomic E-state index is -0.981. The van der Waals surface area contributed by atoms with Crippen LogP contribution in [0.2, 0.25) is 10.0 Å². The van der Waals surface area contributed by atoms with Gasteiger partial charge in [0.15, 0.2) is 0 Å². The number of benzene rings is 2. The van der Waals surface area contributed by atoms with Gasteiger partial charge in [-0.15, -0.1) is 0 Å². The van der Waals surface area contributed by atoms with Crippen LogP contribution >= 0.6 is 23.2 Å². The van der Waals surface area contributed by atoms with Crippen LogP contribution in [0, 0.1) is 5.82 Å². The Bertz CT molecular complexity index is 724. The maximum Gasteiger partial charge on any atom is 0.253 e. The first kappa shape index (κ1) is 17.5. The number of nitrogens with one attached hydrogen (secondary N) is 1. The third-order valence-electron chi connectivity index (χ3n) is 3.21. The summed E-state index contributed by atoms with van der Waals surface area (Å²) in [6, 6.07) is 9.01. The van der Waals surface area contributed by atoms with E-state index in [9.17, 15) is 14.3 Å². The fourth-order valence-electron chi connectivity index (χ4n) is 2.03. The van der Waals surface area contributed by atoms with E-state index < -0.39 is 17.8 Å². The molecule has 2 rings (SSSR count). The smallest absolute Gasteiger partial charge is 0.253 e. The van der Waals surface area contributed by atoms with Gasteiger partial charge >= 0.3 is 0 Å². The molecule has 2 aromatic rings. The quantitative estimate of drug-likeness (QED) is 0.803. The molecule has 1 atom stereocenters. The molecule has 0 fully saturated rings. The van der Waals surface area contributed by atoms with E-state index in [1.165, 1.54) is 7.11 Å². The number of para-hydroxylation sites is 1. The predicted octanol–water partition coefficient (Wildman–Crippen LogP) is 3.60. The van der Waals surface area contributed by atoms with E-state index in [1.54, 1.807) is 24.3 Å². The topological polar surface area (TPSA) is 58.6 Å². The maximum atomic E-state index is 13.4. The summed E-state index contributed by atoms with van der Waals surface area (Å²) in [6.07, 6.45) is -0.981. The van der Waals surface area contributed by atoms with E-state index in [2.05, 4.69) is 5.32 Å². The van der Waals surface area contributed by atoms with Gasteiger partial charge in [-0.05, 0) is 18.2 Å². The minimum Gasteiger partial charge on any atom is -0.496 e. The lowest BCUT2D eigenvalue weighted by molar-refractivity contribution is 0.0914. The molecule has 2 aromatic carbocycles. The van der Waals surface area contributed by atoms with Crippen molar-refractivity contribution in [3.63, 3.8) is 0 Å². The van der Waals surface area contributed by atoms with Gasteiger partial charge in [0.25, 0.3) is 5.91 Å². The molecule has 0 bridgehead atoms. The summed E-state index contributed by atoms with van der Waals surface area (Å²) in [5, 5.41) is 12.5. The van der Waals surface area contributed by atoms with Crippen LogP contribution in [0.25, 0.3) is 0 Å². The Labute approximate surface area is 142 Å². The van der Waals surface area contributed by atoms with Crippen LogP contribution in [-0.2, 0) is 0 Å². The fraction of sp³-hybridized carbons (Fsp3) is 0.188. The summed E-state index contributed by atoms with van der Waals surface area (Å²) in [7, 11) is 1.49. The SMILES string of the molecule is COc1ccccc1[C@@H](O)CNC(=O)c1cc(F)c(Cl)cc1Cl. The molecule has 0 radical (unpaired) electrons. The average molecular weight is 358 g/mol. The van der Waals surface area contributed by atoms with Crippen LogP contribution in [0.4, 0.5) is 4.39 Å². The average Bonchev–Trinajstić information content (AvgIpc) is 2.55. The summed E-state index contributed by atoms with van der Waals surface area (Å²) >= 11 is 11.5. The lowest BCUT2D eigenvalue weighted by Gasteiger charge is -2.15. The molecule has 0 aliphatic rings. The first-order chi connectivity index (χ1) is 10.9. The van der Waals surface area contributed by atoms with Gasteiger partial charge in [0.2, 0.25) is 0 Å². The third kappa shape index (κ3) is 4.13. The second-order valence-corrected chi connectivity index (χ2v) is 5.53. The number of aliphatic hydroxyl groups excluding tert-OH is 1. The Hall–Kier alpha value is -1.82. The van der Waals surface area contributed by atoms with E-state index >= 15 is 0 Å². The number of hydrogen-bond donors (Lipinski definition) is 2. The van der Waals surface area contributed by atoms with Crippen molar-refractivity contribution < 1.29 is 19.0 Å². The van der Waals surface area contributed by atoms with E-state index in [1.807, 2.05) is 0 Å². The van der Waals surface area contributed by atoms with Crippen LogP contribution in [-0.4, -0.2) is 24.7 Å². The zero-order valence-corrected chi connectivity index (χ0v) is 13.7. The summed E-state index contributed by atoms with van der Waals surface area (Å²) in [4.78, 5) is 12.1. The number of carbonyl (C=O) groups is 1. The Morgan fingerprint density at radius 3 is 2.70 bits per heavy atom. The van der Waals surface area contributed by atoms with Crippen molar-refractivity contribution in [1.29, 1.82) is 0 Å². The lowest BCUT2D eigenvalue weighted by Crippen LogP contribution is -2.28. The summed E-state index contributed by atoms with van der Waals surface area (Å²) in [6.45, 7) is -0.0836. The molecule has 0 saturated heterocycles. The van der Waals surface area contributed by atoms with Crippen molar-refractivity contribution in [2.24, 2.45) is 0 Å². The molecule has 0 spiro atoms. The van der Waals surface area contributed by atoms with Crippen LogP contribution in [0.1, 0.15) is 22.0 Å². The highest BCUT2D eigenvalue weighted by molar-refractivity contribution is 6.36. The van der Waals surface area contributed by atoms with Crippen molar-refractivity contribution in [2.45, 2.75) is 6.10 Å². The molecular weight excluding hydrogens is 344 g/mol. The highest BCUT2D eigenvalue weighted by atomic mass is 35.5. The summed E-state index contributed by atoms with van der Waals surface area (Å²) in [5.74, 6) is -0.851. The normalized spacial score (nSPS) is 11.9. The molecule has 122 valence electrons. The van der Waals surface area contributed by atoms with Gasteiger partial charge in [-0.1, -0.05) is 41.4 Å². The maximum absolute atomic E-state index is 13.4. The van der Waals surface area contributed by atoms with Crippen molar-refractivity contribution in [3.8, 4) is 5.75 Å². The van der Waals surface area contributed by atoms with E-state index in [-0.39, 0.29) is 22.2 Å². The second-order valence-electron chi connectivity index (χ2n) is 4.71. The summed E-state index contributed by atoms with van der Waals surface area (Å²) in [5.41, 5.74) is 0.476. The highest BCUT2D eigenvalue weighted by Crippen LogP contribution is 2.26. The Kier molecular flexibility index (Phi) is 5.82. The first-order valence-corrected chi connectivity index (χ1v) is 7.43. The number of aliphatic hydroxyl groups is 1. The van der Waals surface area contributed by atoms with Gasteiger partial charge in [0.05, 0.1) is 28.8 Å². The van der Waals surface area contributed by atoms with E-state index in [0.29, 0.717) is 11.3 Å². The Balaban J connectivity index is 2.08. The van der Waals surface area contributed by atoms with E-state index in [4.69, 9.17) is 27.9 Å². The molecule has 2 N–H and O–H groups in total. The number of methoxy groups -OCH3 is 1. The second kappa shape index (κ2) is 7.64. The number of hydrogen-bond acceptors (Lipinski definition) is 3. The molecule has 23 heavy (non-hydrogen) atoms. The molecule has 4 nitrogen and oxygen atoms in total. The van der Waals surface area contributed by atoms with Crippen molar-refractivity contribution in [1.82, 2.24) is 5.32 Å². The summed E-state index contributed by atoms with van der Waals surface area (Å²) < 4.78 is 18.6. The van der Waals surface area contributed by atoms with Gasteiger partial charge in [-0.2, -0.15) is 0 Å². The van der Waals surface area contributed by atoms with Crippen LogP contribution < -0.4 is 10.1 Å². The molecule has 0 aromatic heterocycles. The van der Waals surface area contributed by atoms with E-state index in [0.717, 1.165) is 12.1 Å². The van der Waals surface area contributed by atoms with Gasteiger partial charge in [-0.25, -0.2) is 4.39 Å². The van der Waals surface area contributed by atoms with Crippen molar-refractivity contribution >= 4 is 29.1 Å². The van der Waals surface area contributed by atoms with Gasteiger partial charge < -0.3 is 15.2 Å². The Morgan fingerprint density at radius 1 is 1.30 bits per heavy atom. The molecule has 0 heterocycles. The van der Waals surface area contributed by atoms with Gasteiger partial charge in [0, 0.05) is 12.1 Å². The standard InChI is InChI=1S/C16H14Cl2FNO3/c1-23-15-5-3-2-4-9(15)14(21)8-20-16(22)10-6-13(19)12(18)7-11(10)17/h2-7,14,21H,8H2,1H3,(H,20,22)/t14-/m0/s1. The monoisotopic (exact) mass is 357 g/mol. The molecule has 0 unspecified atom stereocenters.